The lowest BCUT2D eigenvalue weighted by Gasteiger charge is -2.47. The molecule has 2 aliphatic rings. The number of hydrogen-bond acceptors (Lipinski definition) is 6. The van der Waals surface area contributed by atoms with E-state index in [0.29, 0.717) is 26.2 Å². The molecule has 2 fully saturated rings. The van der Waals surface area contributed by atoms with Gasteiger partial charge in [0.05, 0.1) is 13.2 Å². The summed E-state index contributed by atoms with van der Waals surface area (Å²) >= 11 is 0. The van der Waals surface area contributed by atoms with Crippen LogP contribution in [0.2, 0.25) is 0 Å². The zero-order chi connectivity index (χ0) is 22.4. The highest BCUT2D eigenvalue weighted by molar-refractivity contribution is 5.88. The molecule has 2 atom stereocenters. The van der Waals surface area contributed by atoms with Gasteiger partial charge in [-0.3, -0.25) is 19.6 Å². The lowest BCUT2D eigenvalue weighted by atomic mass is 9.89. The Morgan fingerprint density at radius 3 is 1.93 bits per heavy atom. The summed E-state index contributed by atoms with van der Waals surface area (Å²) in [6, 6.07) is -0.408. The Bertz CT molecular complexity index is 632. The number of nitrogens with zero attached hydrogens (tertiary/aromatic N) is 4. The quantitative estimate of drug-likeness (QED) is 0.330. The first-order valence-electron chi connectivity index (χ1n) is 10.3. The highest BCUT2D eigenvalue weighted by Crippen LogP contribution is 2.53. The Morgan fingerprint density at radius 1 is 0.800 bits per heavy atom. The lowest BCUT2D eigenvalue weighted by molar-refractivity contribution is -0.116. The second-order valence-corrected chi connectivity index (χ2v) is 7.44. The summed E-state index contributed by atoms with van der Waals surface area (Å²) in [6.45, 7) is 7.32. The van der Waals surface area contributed by atoms with E-state index in [0.717, 1.165) is 6.42 Å². The summed E-state index contributed by atoms with van der Waals surface area (Å²) in [5.74, 6) is 0. The van der Waals surface area contributed by atoms with Gasteiger partial charge >= 0.3 is 12.1 Å². The van der Waals surface area contributed by atoms with Crippen molar-refractivity contribution < 1.29 is 28.5 Å². The first-order chi connectivity index (χ1) is 14.4. The van der Waals surface area contributed by atoms with Crippen LogP contribution in [0.4, 0.5) is 9.59 Å². The van der Waals surface area contributed by atoms with Crippen LogP contribution in [0.3, 0.4) is 0 Å². The maximum Gasteiger partial charge on any atom is 0.327 e. The minimum absolute atomic E-state index is 0.0446. The average Bonchev–Trinajstić information content (AvgIpc) is 3.01. The molecule has 10 heteroatoms. The summed E-state index contributed by atoms with van der Waals surface area (Å²) in [6.07, 6.45) is 5.07. The number of fused-ring (bicyclic) bond motifs is 1. The van der Waals surface area contributed by atoms with Crippen molar-refractivity contribution in [2.24, 2.45) is 0 Å². The number of hydrogen-bond donors (Lipinski definition) is 0. The highest BCUT2D eigenvalue weighted by Gasteiger charge is 2.75. The Hall–Kier alpha value is -1.88. The van der Waals surface area contributed by atoms with Crippen molar-refractivity contribution in [2.45, 2.75) is 44.9 Å². The molecule has 0 N–H and O–H groups in total. The van der Waals surface area contributed by atoms with Crippen LogP contribution in [0.25, 0.3) is 0 Å². The summed E-state index contributed by atoms with van der Waals surface area (Å²) in [5.41, 5.74) is -1.88. The van der Waals surface area contributed by atoms with E-state index in [4.69, 9.17) is 18.9 Å². The molecule has 0 aromatic heterocycles. The van der Waals surface area contributed by atoms with Crippen molar-refractivity contribution in [3.8, 4) is 0 Å². The zero-order valence-corrected chi connectivity index (χ0v) is 19.0. The van der Waals surface area contributed by atoms with Crippen molar-refractivity contribution in [1.82, 2.24) is 19.6 Å². The van der Waals surface area contributed by atoms with Crippen LogP contribution in [0.1, 0.15) is 33.6 Å². The molecule has 2 rings (SSSR count). The summed E-state index contributed by atoms with van der Waals surface area (Å²) in [4.78, 5) is 33.5. The van der Waals surface area contributed by atoms with Crippen LogP contribution >= 0.6 is 0 Å². The number of rotatable bonds is 13. The van der Waals surface area contributed by atoms with Gasteiger partial charge in [-0.05, 0) is 20.3 Å². The SMILES string of the molecule is CCCC12N(CC)C(=O)N(COC/C=C/COC)C1(C)N(COC)C(=O)N2COC. The fourth-order valence-corrected chi connectivity index (χ4v) is 4.69. The molecule has 0 aromatic carbocycles. The van der Waals surface area contributed by atoms with Gasteiger partial charge in [0, 0.05) is 27.9 Å². The molecule has 30 heavy (non-hydrogen) atoms. The summed E-state index contributed by atoms with van der Waals surface area (Å²) in [5, 5.41) is 0. The Labute approximate surface area is 179 Å². The third-order valence-electron chi connectivity index (χ3n) is 5.92. The number of ether oxygens (including phenoxy) is 4. The fraction of sp³-hybridized carbons (Fsp3) is 0.800. The van der Waals surface area contributed by atoms with Crippen molar-refractivity contribution in [3.63, 3.8) is 0 Å². The van der Waals surface area contributed by atoms with Crippen LogP contribution in [0.15, 0.2) is 12.2 Å². The van der Waals surface area contributed by atoms with Gasteiger partial charge in [-0.1, -0.05) is 25.5 Å². The molecule has 0 spiro atoms. The van der Waals surface area contributed by atoms with Gasteiger partial charge in [0.15, 0.2) is 11.3 Å². The second kappa shape index (κ2) is 10.4. The first kappa shape index (κ1) is 24.4. The van der Waals surface area contributed by atoms with Crippen molar-refractivity contribution >= 4 is 12.1 Å². The van der Waals surface area contributed by atoms with Crippen molar-refractivity contribution in [2.75, 3.05) is 61.3 Å². The first-order valence-corrected chi connectivity index (χ1v) is 10.3. The molecular formula is C20H36N4O6. The zero-order valence-electron chi connectivity index (χ0n) is 19.0. The van der Waals surface area contributed by atoms with Gasteiger partial charge in [0.2, 0.25) is 0 Å². The molecule has 0 bridgehead atoms. The van der Waals surface area contributed by atoms with Crippen LogP contribution in [-0.2, 0) is 18.9 Å². The molecule has 4 amide bonds. The molecule has 2 heterocycles. The van der Waals surface area contributed by atoms with E-state index in [9.17, 15) is 9.59 Å². The number of carbonyl (C=O) groups is 2. The van der Waals surface area contributed by atoms with Crippen molar-refractivity contribution in [1.29, 1.82) is 0 Å². The molecule has 0 aromatic rings. The van der Waals surface area contributed by atoms with E-state index in [1.165, 1.54) is 7.11 Å². The summed E-state index contributed by atoms with van der Waals surface area (Å²) in [7, 11) is 4.70. The second-order valence-electron chi connectivity index (χ2n) is 7.44. The predicted molar refractivity (Wildman–Crippen MR) is 110 cm³/mol. The minimum Gasteiger partial charge on any atom is -0.381 e. The van der Waals surface area contributed by atoms with Crippen LogP contribution in [-0.4, -0.2) is 104 Å². The molecule has 0 radical (unpaired) electrons. The minimum atomic E-state index is -0.988. The maximum atomic E-state index is 13.5. The predicted octanol–water partition coefficient (Wildman–Crippen LogP) is 2.08. The van der Waals surface area contributed by atoms with E-state index in [1.54, 1.807) is 33.8 Å². The number of amides is 4. The Kier molecular flexibility index (Phi) is 8.48. The van der Waals surface area contributed by atoms with Gasteiger partial charge in [-0.25, -0.2) is 9.59 Å². The van der Waals surface area contributed by atoms with Crippen LogP contribution in [0, 0.1) is 0 Å². The molecule has 0 saturated carbocycles. The van der Waals surface area contributed by atoms with E-state index in [-0.39, 0.29) is 32.3 Å². The van der Waals surface area contributed by atoms with E-state index in [2.05, 4.69) is 0 Å². The third-order valence-corrected chi connectivity index (χ3v) is 5.92. The monoisotopic (exact) mass is 428 g/mol. The largest absolute Gasteiger partial charge is 0.381 e. The van der Waals surface area contributed by atoms with Gasteiger partial charge in [0.25, 0.3) is 0 Å². The average molecular weight is 429 g/mol. The highest BCUT2D eigenvalue weighted by atomic mass is 16.5. The van der Waals surface area contributed by atoms with Crippen LogP contribution in [0.5, 0.6) is 0 Å². The van der Waals surface area contributed by atoms with Gasteiger partial charge < -0.3 is 18.9 Å². The molecule has 0 aliphatic carbocycles. The van der Waals surface area contributed by atoms with Crippen LogP contribution < -0.4 is 0 Å². The fourth-order valence-electron chi connectivity index (χ4n) is 4.69. The lowest BCUT2D eigenvalue weighted by Crippen LogP contribution is -2.67. The van der Waals surface area contributed by atoms with E-state index in [1.807, 2.05) is 32.9 Å². The van der Waals surface area contributed by atoms with E-state index >= 15 is 0 Å². The number of carbonyl (C=O) groups excluding carboxylic acids is 2. The smallest absolute Gasteiger partial charge is 0.327 e. The Morgan fingerprint density at radius 2 is 1.37 bits per heavy atom. The molecular weight excluding hydrogens is 392 g/mol. The maximum absolute atomic E-state index is 13.5. The molecule has 10 nitrogen and oxygen atoms in total. The number of methoxy groups -OCH3 is 3. The van der Waals surface area contributed by atoms with Gasteiger partial charge in [-0.15, -0.1) is 0 Å². The van der Waals surface area contributed by atoms with Gasteiger partial charge in [-0.2, -0.15) is 0 Å². The summed E-state index contributed by atoms with van der Waals surface area (Å²) < 4.78 is 21.5. The third kappa shape index (κ3) is 3.66. The normalized spacial score (nSPS) is 26.6. The number of urea groups is 2. The van der Waals surface area contributed by atoms with Crippen molar-refractivity contribution in [3.05, 3.63) is 12.2 Å². The van der Waals surface area contributed by atoms with Gasteiger partial charge in [0.1, 0.15) is 20.2 Å². The standard InChI is InChI=1S/C20H36N4O6/c1-7-11-20-19(3,22(14-28-5)18(26)24(20)15-29-6)23(17(25)21(20)8-2)16-30-13-10-9-12-27-4/h9-10H,7-8,11-16H2,1-6H3/b10-9+. The van der Waals surface area contributed by atoms with E-state index < -0.39 is 11.3 Å². The molecule has 172 valence electrons. The Balaban J connectivity index is 2.47. The molecule has 2 aliphatic heterocycles. The molecule has 2 unspecified atom stereocenters. The number of likely N-dealkylation sites (N-methyl/N-ethyl adjacent to an activating group) is 1. The topological polar surface area (TPSA) is 84.0 Å². The molecule has 2 saturated heterocycles.